The third-order valence-electron chi connectivity index (χ3n) is 8.69. The first-order chi connectivity index (χ1) is 19.8. The third-order valence-corrected chi connectivity index (χ3v) is 8.69. The maximum atomic E-state index is 14.0. The summed E-state index contributed by atoms with van der Waals surface area (Å²) in [5.74, 6) is -6.43. The van der Waals surface area contributed by atoms with Crippen molar-refractivity contribution in [1.29, 1.82) is 0 Å². The molecule has 0 spiro atoms. The number of nitrogens with zero attached hydrogens (tertiary/aromatic N) is 2. The summed E-state index contributed by atoms with van der Waals surface area (Å²) in [7, 11) is 6.55. The lowest BCUT2D eigenvalue weighted by atomic mass is 9.57. The molecule has 0 saturated heterocycles. The van der Waals surface area contributed by atoms with Gasteiger partial charge in [0, 0.05) is 35.7 Å². The first-order valence-corrected chi connectivity index (χ1v) is 13.6. The average molecular weight is 578 g/mol. The van der Waals surface area contributed by atoms with Crippen LogP contribution in [0.3, 0.4) is 0 Å². The second-order valence-corrected chi connectivity index (χ2v) is 11.6. The van der Waals surface area contributed by atoms with Gasteiger partial charge in [0.2, 0.25) is 5.78 Å². The van der Waals surface area contributed by atoms with Crippen molar-refractivity contribution in [2.24, 2.45) is 17.6 Å². The van der Waals surface area contributed by atoms with Crippen LogP contribution in [0.25, 0.3) is 5.76 Å². The molecule has 11 nitrogen and oxygen atoms in total. The molecule has 0 aromatic heterocycles. The number of phenols is 1. The van der Waals surface area contributed by atoms with E-state index in [-0.39, 0.29) is 29.7 Å². The van der Waals surface area contributed by atoms with E-state index in [1.807, 2.05) is 42.3 Å². The zero-order valence-corrected chi connectivity index (χ0v) is 23.9. The van der Waals surface area contributed by atoms with E-state index in [2.05, 4.69) is 0 Å². The van der Waals surface area contributed by atoms with Gasteiger partial charge in [-0.2, -0.15) is 0 Å². The lowest BCUT2D eigenvalue weighted by molar-refractivity contribution is -0.153. The van der Waals surface area contributed by atoms with Crippen LogP contribution >= 0.6 is 0 Å². The van der Waals surface area contributed by atoms with Crippen molar-refractivity contribution >= 4 is 23.2 Å². The topological polar surface area (TPSA) is 174 Å². The molecule has 0 unspecified atom stereocenters. The fraction of sp³-hybridized carbons (Fsp3) is 0.387. The Kier molecular flexibility index (Phi) is 7.38. The molecule has 0 bridgehead atoms. The van der Waals surface area contributed by atoms with Crippen molar-refractivity contribution in [3.63, 3.8) is 0 Å². The Morgan fingerprint density at radius 2 is 1.76 bits per heavy atom. The zero-order chi connectivity index (χ0) is 30.7. The molecule has 11 heteroatoms. The van der Waals surface area contributed by atoms with Gasteiger partial charge in [-0.1, -0.05) is 30.3 Å². The van der Waals surface area contributed by atoms with E-state index >= 15 is 0 Å². The molecule has 0 heterocycles. The number of phenolic OH excluding ortho intramolecular Hbond substituents is 1. The molecule has 0 aliphatic heterocycles. The number of ketones is 2. The number of amides is 1. The molecule has 2 aromatic carbocycles. The number of aliphatic hydroxyl groups is 3. The lowest BCUT2D eigenvalue weighted by Crippen LogP contribution is -2.65. The highest BCUT2D eigenvalue weighted by atomic mass is 16.5. The summed E-state index contributed by atoms with van der Waals surface area (Å²) in [4.78, 5) is 42.9. The number of carbonyl (C=O) groups is 3. The van der Waals surface area contributed by atoms with Crippen LogP contribution in [0.4, 0.5) is 0 Å². The number of rotatable bonds is 7. The highest BCUT2D eigenvalue weighted by molar-refractivity contribution is 6.24. The zero-order valence-electron chi connectivity index (χ0n) is 23.9. The largest absolute Gasteiger partial charge is 0.508 e. The Labute approximate surface area is 243 Å². The maximum absolute atomic E-state index is 14.0. The number of ether oxygens (including phenoxy) is 1. The molecule has 4 atom stereocenters. The summed E-state index contributed by atoms with van der Waals surface area (Å²) in [5, 5.41) is 45.3. The summed E-state index contributed by atoms with van der Waals surface area (Å²) in [6, 6.07) is 10.2. The second kappa shape index (κ2) is 10.6. The van der Waals surface area contributed by atoms with Crippen molar-refractivity contribution in [3.8, 4) is 11.5 Å². The molecule has 1 amide bonds. The number of aliphatic hydroxyl groups excluding tert-OH is 2. The van der Waals surface area contributed by atoms with Gasteiger partial charge in [0.25, 0.3) is 5.91 Å². The van der Waals surface area contributed by atoms with Crippen molar-refractivity contribution in [2.75, 3.05) is 28.3 Å². The van der Waals surface area contributed by atoms with E-state index in [0.29, 0.717) is 30.0 Å². The Morgan fingerprint density at radius 1 is 1.10 bits per heavy atom. The molecular formula is C31H35N3O8. The summed E-state index contributed by atoms with van der Waals surface area (Å²) in [6.45, 7) is 1.05. The molecule has 5 rings (SSSR count). The standard InChI is InChI=1S/C31H35N3O8/c1-33(2)24-19-11-16-10-18-22(25(36)21(16)28(38)31(19,41)29(39)23(26(24)37)30(32)40)20(35)12-17(27(18)42-4)14-34(3)13-15-8-6-5-7-9-15/h5-9,12,16,19,24,35-36,39,41H,10-11,13-14H2,1-4H3,(H2,32,40)/t16-,19-,24-,31-/m0/s1. The first-order valence-electron chi connectivity index (χ1n) is 13.6. The number of benzene rings is 2. The first kappa shape index (κ1) is 29.3. The minimum Gasteiger partial charge on any atom is -0.508 e. The number of nitrogens with two attached hydrogens (primary N) is 1. The van der Waals surface area contributed by atoms with Crippen LogP contribution in [-0.4, -0.2) is 87.6 Å². The van der Waals surface area contributed by atoms with Crippen LogP contribution in [0.15, 0.2) is 53.3 Å². The van der Waals surface area contributed by atoms with Gasteiger partial charge in [-0.25, -0.2) is 0 Å². The number of aromatic hydroxyl groups is 1. The number of Topliss-reactive ketones (excluding diaryl/α,β-unsaturated/α-hetero) is 2. The van der Waals surface area contributed by atoms with E-state index in [1.54, 1.807) is 14.1 Å². The Balaban J connectivity index is 1.61. The average Bonchev–Trinajstić information content (AvgIpc) is 2.91. The third kappa shape index (κ3) is 4.36. The molecule has 1 saturated carbocycles. The second-order valence-electron chi connectivity index (χ2n) is 11.6. The van der Waals surface area contributed by atoms with Gasteiger partial charge in [-0.15, -0.1) is 0 Å². The quantitative estimate of drug-likeness (QED) is 0.304. The van der Waals surface area contributed by atoms with Crippen LogP contribution in [0.1, 0.15) is 28.7 Å². The molecule has 1 fully saturated rings. The number of hydrogen-bond acceptors (Lipinski definition) is 10. The van der Waals surface area contributed by atoms with Gasteiger partial charge in [-0.3, -0.25) is 24.2 Å². The maximum Gasteiger partial charge on any atom is 0.255 e. The predicted molar refractivity (Wildman–Crippen MR) is 152 cm³/mol. The van der Waals surface area contributed by atoms with Crippen LogP contribution in [0.2, 0.25) is 0 Å². The molecule has 2 aromatic rings. The van der Waals surface area contributed by atoms with Gasteiger partial charge in [0.15, 0.2) is 11.4 Å². The number of methoxy groups -OCH3 is 1. The van der Waals surface area contributed by atoms with Crippen LogP contribution in [-0.2, 0) is 33.9 Å². The van der Waals surface area contributed by atoms with Crippen LogP contribution < -0.4 is 10.5 Å². The molecular weight excluding hydrogens is 542 g/mol. The van der Waals surface area contributed by atoms with Crippen molar-refractivity contribution in [2.45, 2.75) is 37.6 Å². The van der Waals surface area contributed by atoms with Gasteiger partial charge in [0.1, 0.15) is 28.6 Å². The number of fused-ring (bicyclic) bond motifs is 3. The Bertz CT molecular complexity index is 1550. The van der Waals surface area contributed by atoms with Crippen LogP contribution in [0.5, 0.6) is 11.5 Å². The van der Waals surface area contributed by atoms with Gasteiger partial charge in [0.05, 0.1) is 18.7 Å². The minimum atomic E-state index is -2.68. The SMILES string of the molecule is COc1c(CN(C)Cc2ccccc2)cc(O)c2c1C[C@H]1C[C@H]3[C@H](N(C)C)C(=O)C(C(N)=O)=C(O)[C@@]3(O)C(=O)C1=C2O. The van der Waals surface area contributed by atoms with E-state index in [1.165, 1.54) is 18.1 Å². The molecule has 3 aliphatic rings. The van der Waals surface area contributed by atoms with E-state index in [4.69, 9.17) is 10.5 Å². The Morgan fingerprint density at radius 3 is 2.36 bits per heavy atom. The summed E-state index contributed by atoms with van der Waals surface area (Å²) < 4.78 is 5.80. The molecule has 6 N–H and O–H groups in total. The predicted octanol–water partition coefficient (Wildman–Crippen LogP) is 1.60. The fourth-order valence-electron chi connectivity index (χ4n) is 6.97. The molecule has 222 valence electrons. The van der Waals surface area contributed by atoms with Gasteiger partial charge >= 0.3 is 0 Å². The summed E-state index contributed by atoms with van der Waals surface area (Å²) in [5.41, 5.74) is 3.92. The lowest BCUT2D eigenvalue weighted by Gasteiger charge is -2.50. The highest BCUT2D eigenvalue weighted by Crippen LogP contribution is 2.54. The number of carbonyl (C=O) groups excluding carboxylic acids is 3. The van der Waals surface area contributed by atoms with Crippen molar-refractivity contribution < 1.29 is 39.5 Å². The fourth-order valence-corrected chi connectivity index (χ4v) is 6.97. The monoisotopic (exact) mass is 577 g/mol. The van der Waals surface area contributed by atoms with Gasteiger partial charge < -0.3 is 30.9 Å². The highest BCUT2D eigenvalue weighted by Gasteiger charge is 2.64. The molecule has 42 heavy (non-hydrogen) atoms. The Hall–Kier alpha value is -4.19. The van der Waals surface area contributed by atoms with Crippen molar-refractivity contribution in [3.05, 3.63) is 75.6 Å². The smallest absolute Gasteiger partial charge is 0.255 e. The van der Waals surface area contributed by atoms with Crippen molar-refractivity contribution in [1.82, 2.24) is 9.80 Å². The van der Waals surface area contributed by atoms with E-state index in [0.717, 1.165) is 5.56 Å². The molecule has 3 aliphatic carbocycles. The van der Waals surface area contributed by atoms with E-state index in [9.17, 15) is 34.8 Å². The summed E-state index contributed by atoms with van der Waals surface area (Å²) in [6.07, 6.45) is 0.162. The van der Waals surface area contributed by atoms with E-state index < -0.39 is 58.0 Å². The van der Waals surface area contributed by atoms with Crippen LogP contribution in [0, 0.1) is 11.8 Å². The normalized spacial score (nSPS) is 25.5. The van der Waals surface area contributed by atoms with Gasteiger partial charge in [-0.05, 0) is 51.5 Å². The number of primary amides is 1. The molecule has 0 radical (unpaired) electrons. The summed E-state index contributed by atoms with van der Waals surface area (Å²) >= 11 is 0. The number of likely N-dealkylation sites (N-methyl/N-ethyl adjacent to an activating group) is 1. The minimum absolute atomic E-state index is 0.00222. The number of hydrogen-bond donors (Lipinski definition) is 5.